The van der Waals surface area contributed by atoms with Crippen molar-refractivity contribution < 1.29 is 9.53 Å². The second kappa shape index (κ2) is 10.1. The van der Waals surface area contributed by atoms with Crippen LogP contribution >= 0.6 is 0 Å². The van der Waals surface area contributed by atoms with E-state index in [-0.39, 0.29) is 11.9 Å². The lowest BCUT2D eigenvalue weighted by molar-refractivity contribution is 0.0663. The van der Waals surface area contributed by atoms with Crippen molar-refractivity contribution in [1.29, 1.82) is 0 Å². The third kappa shape index (κ3) is 4.52. The zero-order valence-electron chi connectivity index (χ0n) is 21.9. The van der Waals surface area contributed by atoms with Gasteiger partial charge in [-0.2, -0.15) is 4.98 Å². The van der Waals surface area contributed by atoms with E-state index in [1.54, 1.807) is 12.4 Å². The Labute approximate surface area is 222 Å². The highest BCUT2D eigenvalue weighted by Crippen LogP contribution is 2.40. The number of aromatic nitrogens is 4. The Bertz CT molecular complexity index is 1330. The quantitative estimate of drug-likeness (QED) is 0.551. The predicted octanol–water partition coefficient (Wildman–Crippen LogP) is 1.74. The highest BCUT2D eigenvalue weighted by molar-refractivity contribution is 5.97. The fraction of sp³-hybridized carbons (Fsp3) is 0.444. The van der Waals surface area contributed by atoms with E-state index in [1.807, 2.05) is 24.0 Å². The molecular weight excluding hydrogens is 482 g/mol. The molecule has 2 N–H and O–H groups in total. The van der Waals surface area contributed by atoms with Crippen molar-refractivity contribution in [3.05, 3.63) is 47.3 Å². The summed E-state index contributed by atoms with van der Waals surface area (Å²) >= 11 is 0. The van der Waals surface area contributed by atoms with Gasteiger partial charge in [-0.1, -0.05) is 6.07 Å². The number of anilines is 4. The Kier molecular flexibility index (Phi) is 6.54. The Morgan fingerprint density at radius 3 is 2.45 bits per heavy atom. The summed E-state index contributed by atoms with van der Waals surface area (Å²) in [5, 5.41) is 0. The molecular formula is C27H33N9O2. The summed E-state index contributed by atoms with van der Waals surface area (Å²) in [4.78, 5) is 40.5. The van der Waals surface area contributed by atoms with E-state index in [1.165, 1.54) is 0 Å². The summed E-state index contributed by atoms with van der Waals surface area (Å²) < 4.78 is 5.56. The fourth-order valence-corrected chi connectivity index (χ4v) is 5.41. The van der Waals surface area contributed by atoms with Crippen molar-refractivity contribution in [2.75, 3.05) is 81.6 Å². The summed E-state index contributed by atoms with van der Waals surface area (Å²) in [5.74, 6) is 1.84. The van der Waals surface area contributed by atoms with Crippen LogP contribution in [0, 0.1) is 6.92 Å². The first-order valence-electron chi connectivity index (χ1n) is 13.2. The molecule has 11 nitrogen and oxygen atoms in total. The van der Waals surface area contributed by atoms with Gasteiger partial charge in [-0.05, 0) is 38.1 Å². The molecule has 11 heteroatoms. The molecule has 2 aromatic heterocycles. The first-order valence-corrected chi connectivity index (χ1v) is 13.2. The third-order valence-corrected chi connectivity index (χ3v) is 7.67. The number of likely N-dealkylation sites (N-methyl/N-ethyl adjacent to an activating group) is 1. The van der Waals surface area contributed by atoms with Gasteiger partial charge in [0.25, 0.3) is 5.91 Å². The summed E-state index contributed by atoms with van der Waals surface area (Å²) in [6.07, 6.45) is 4.21. The molecule has 38 heavy (non-hydrogen) atoms. The maximum absolute atomic E-state index is 13.5. The van der Waals surface area contributed by atoms with Crippen LogP contribution in [-0.4, -0.2) is 102 Å². The van der Waals surface area contributed by atoms with Crippen LogP contribution in [0.25, 0.3) is 11.3 Å². The molecule has 5 heterocycles. The topological polar surface area (TPSA) is 117 Å². The van der Waals surface area contributed by atoms with E-state index >= 15 is 0 Å². The largest absolute Gasteiger partial charge is 0.378 e. The first kappa shape index (κ1) is 24.5. The lowest BCUT2D eigenvalue weighted by Gasteiger charge is -2.33. The highest BCUT2D eigenvalue weighted by atomic mass is 16.5. The lowest BCUT2D eigenvalue weighted by atomic mass is 10.0. The van der Waals surface area contributed by atoms with Crippen molar-refractivity contribution in [2.45, 2.75) is 13.3 Å². The Hall–Kier alpha value is -3.83. The number of hydrogen-bond donors (Lipinski definition) is 1. The number of rotatable bonds is 4. The van der Waals surface area contributed by atoms with E-state index < -0.39 is 0 Å². The van der Waals surface area contributed by atoms with Gasteiger partial charge in [-0.25, -0.2) is 15.0 Å². The van der Waals surface area contributed by atoms with Crippen LogP contribution in [0.4, 0.5) is 23.4 Å². The van der Waals surface area contributed by atoms with Crippen molar-refractivity contribution in [3.8, 4) is 11.3 Å². The van der Waals surface area contributed by atoms with E-state index in [0.717, 1.165) is 91.7 Å². The molecule has 6 rings (SSSR count). The molecule has 2 saturated heterocycles. The molecule has 1 amide bonds. The predicted molar refractivity (Wildman–Crippen MR) is 146 cm³/mol. The van der Waals surface area contributed by atoms with Crippen LogP contribution < -0.4 is 15.5 Å². The molecule has 0 aliphatic carbocycles. The molecule has 0 atom stereocenters. The summed E-state index contributed by atoms with van der Waals surface area (Å²) in [5.41, 5.74) is 11.1. The first-order chi connectivity index (χ1) is 18.5. The SMILES string of the molecule is Cc1c(C(=O)N2CCN(C)CC2)cccc1N1CCc2c(-c3cnc(N)nc3)nc(N3CCOCC3)nc21. The monoisotopic (exact) mass is 515 g/mol. The van der Waals surface area contributed by atoms with Gasteiger partial charge < -0.3 is 30.1 Å². The molecule has 0 spiro atoms. The minimum Gasteiger partial charge on any atom is -0.378 e. The van der Waals surface area contributed by atoms with E-state index in [9.17, 15) is 4.79 Å². The number of carbonyl (C=O) groups excluding carboxylic acids is 1. The summed E-state index contributed by atoms with van der Waals surface area (Å²) in [6, 6.07) is 5.99. The second-order valence-corrected chi connectivity index (χ2v) is 10.1. The van der Waals surface area contributed by atoms with Crippen LogP contribution in [0.5, 0.6) is 0 Å². The number of carbonyl (C=O) groups is 1. The van der Waals surface area contributed by atoms with Crippen molar-refractivity contribution in [3.63, 3.8) is 0 Å². The number of ether oxygens (including phenoxy) is 1. The van der Waals surface area contributed by atoms with Crippen LogP contribution in [-0.2, 0) is 11.2 Å². The number of benzene rings is 1. The van der Waals surface area contributed by atoms with Gasteiger partial charge in [0.1, 0.15) is 5.82 Å². The molecule has 0 bridgehead atoms. The van der Waals surface area contributed by atoms with Crippen LogP contribution in [0.3, 0.4) is 0 Å². The molecule has 1 aromatic carbocycles. The molecule has 3 aromatic rings. The van der Waals surface area contributed by atoms with Crippen LogP contribution in [0.2, 0.25) is 0 Å². The van der Waals surface area contributed by atoms with E-state index in [4.69, 9.17) is 20.4 Å². The maximum Gasteiger partial charge on any atom is 0.254 e. The van der Waals surface area contributed by atoms with Gasteiger partial charge in [0.05, 0.1) is 18.9 Å². The van der Waals surface area contributed by atoms with Gasteiger partial charge in [0, 0.05) is 80.6 Å². The van der Waals surface area contributed by atoms with Gasteiger partial charge in [0.2, 0.25) is 11.9 Å². The van der Waals surface area contributed by atoms with Crippen LogP contribution in [0.15, 0.2) is 30.6 Å². The van der Waals surface area contributed by atoms with Crippen molar-refractivity contribution >= 4 is 29.3 Å². The molecule has 3 aliphatic rings. The third-order valence-electron chi connectivity index (χ3n) is 7.67. The second-order valence-electron chi connectivity index (χ2n) is 10.1. The average Bonchev–Trinajstić information content (AvgIpc) is 3.37. The molecule has 0 radical (unpaired) electrons. The average molecular weight is 516 g/mol. The molecule has 0 saturated carbocycles. The minimum atomic E-state index is 0.0910. The highest BCUT2D eigenvalue weighted by Gasteiger charge is 2.31. The molecule has 3 aliphatic heterocycles. The lowest BCUT2D eigenvalue weighted by Crippen LogP contribution is -2.47. The van der Waals surface area contributed by atoms with Crippen molar-refractivity contribution in [2.24, 2.45) is 0 Å². The minimum absolute atomic E-state index is 0.0910. The Morgan fingerprint density at radius 2 is 1.71 bits per heavy atom. The number of hydrogen-bond acceptors (Lipinski definition) is 10. The van der Waals surface area contributed by atoms with Gasteiger partial charge in [-0.3, -0.25) is 4.79 Å². The summed E-state index contributed by atoms with van der Waals surface area (Å²) in [7, 11) is 2.09. The standard InChI is InChI=1S/C27H33N9O2/c1-18-20(25(37)34-10-8-33(2)9-11-34)4-3-5-22(18)36-7-6-21-23(19-16-29-26(28)30-17-19)31-27(32-24(21)36)35-12-14-38-15-13-35/h3-5,16-17H,6-15H2,1-2H3,(H2,28,29,30). The van der Waals surface area contributed by atoms with E-state index in [0.29, 0.717) is 19.2 Å². The molecule has 0 unspecified atom stereocenters. The number of morpholine rings is 1. The van der Waals surface area contributed by atoms with Crippen LogP contribution in [0.1, 0.15) is 21.5 Å². The van der Waals surface area contributed by atoms with Crippen molar-refractivity contribution in [1.82, 2.24) is 29.7 Å². The number of fused-ring (bicyclic) bond motifs is 1. The Morgan fingerprint density at radius 1 is 0.974 bits per heavy atom. The van der Waals surface area contributed by atoms with Gasteiger partial charge in [-0.15, -0.1) is 0 Å². The number of nitrogens with zero attached hydrogens (tertiary/aromatic N) is 8. The smallest absolute Gasteiger partial charge is 0.254 e. The van der Waals surface area contributed by atoms with Gasteiger partial charge in [0.15, 0.2) is 0 Å². The molecule has 198 valence electrons. The maximum atomic E-state index is 13.5. The normalized spacial score (nSPS) is 18.1. The number of nitrogen functional groups attached to an aromatic ring is 1. The Balaban J connectivity index is 1.40. The number of piperazine rings is 1. The summed E-state index contributed by atoms with van der Waals surface area (Å²) in [6.45, 7) is 8.78. The number of nitrogens with two attached hydrogens (primary N) is 1. The number of amides is 1. The fourth-order valence-electron chi connectivity index (χ4n) is 5.41. The zero-order valence-corrected chi connectivity index (χ0v) is 21.9. The molecule has 2 fully saturated rings. The van der Waals surface area contributed by atoms with E-state index in [2.05, 4.69) is 37.8 Å². The van der Waals surface area contributed by atoms with Gasteiger partial charge >= 0.3 is 0 Å². The zero-order chi connectivity index (χ0) is 26.2.